The van der Waals surface area contributed by atoms with Crippen molar-refractivity contribution >= 4 is 28.1 Å². The summed E-state index contributed by atoms with van der Waals surface area (Å²) < 4.78 is 12.8. The molecule has 1 aliphatic rings. The fourth-order valence-electron chi connectivity index (χ4n) is 0.451. The number of carbonyl (C=O) groups is 1. The van der Waals surface area contributed by atoms with Gasteiger partial charge in [-0.25, -0.2) is 9.38 Å². The molecule has 1 amide bonds. The largest absolute Gasteiger partial charge is 0.284 e. The number of dihydropyridines is 1. The Morgan fingerprint density at radius 1 is 1.78 bits per heavy atom. The smallest absolute Gasteiger partial charge is 0.269 e. The minimum atomic E-state index is -1.57. The lowest BCUT2D eigenvalue weighted by Crippen LogP contribution is -2.13. The standard InChI is InChI=1S/C5H3BrFNO/c6-3-1-4(7)5(9)8-2-3/h1-2,4H. The summed E-state index contributed by atoms with van der Waals surface area (Å²) in [5.74, 6) is -0.738. The molecule has 1 heterocycles. The molecule has 0 aromatic heterocycles. The summed E-state index contributed by atoms with van der Waals surface area (Å²) in [5.41, 5.74) is 0. The van der Waals surface area contributed by atoms with Gasteiger partial charge in [-0.15, -0.1) is 0 Å². The van der Waals surface area contributed by atoms with Gasteiger partial charge in [-0.05, 0) is 22.0 Å². The highest BCUT2D eigenvalue weighted by Gasteiger charge is 2.16. The monoisotopic (exact) mass is 191 g/mol. The number of rotatable bonds is 0. The summed E-state index contributed by atoms with van der Waals surface area (Å²) in [6, 6.07) is 0. The molecule has 0 radical (unpaired) electrons. The minimum absolute atomic E-state index is 0.509. The lowest BCUT2D eigenvalue weighted by Gasteiger charge is -2.01. The van der Waals surface area contributed by atoms with Crippen molar-refractivity contribution in [3.63, 3.8) is 0 Å². The number of nitrogens with zero attached hydrogens (tertiary/aromatic N) is 1. The summed E-state index contributed by atoms with van der Waals surface area (Å²) in [4.78, 5) is 13.5. The number of aliphatic imine (C=N–C) groups is 1. The zero-order chi connectivity index (χ0) is 6.85. The summed E-state index contributed by atoms with van der Waals surface area (Å²) in [6.07, 6.45) is 0.873. The van der Waals surface area contributed by atoms with Crippen LogP contribution in [-0.2, 0) is 4.79 Å². The molecule has 0 aromatic rings. The van der Waals surface area contributed by atoms with Crippen LogP contribution >= 0.6 is 15.9 Å². The Balaban J connectivity index is 2.82. The molecule has 0 saturated carbocycles. The third kappa shape index (κ3) is 1.45. The molecule has 0 fully saturated rings. The molecule has 9 heavy (non-hydrogen) atoms. The number of carbonyl (C=O) groups excluding carboxylic acids is 1. The molecule has 2 nitrogen and oxygen atoms in total. The molecule has 0 spiro atoms. The minimum Gasteiger partial charge on any atom is -0.269 e. The van der Waals surface area contributed by atoms with Crippen LogP contribution in [0.3, 0.4) is 0 Å². The Hall–Kier alpha value is -0.510. The van der Waals surface area contributed by atoms with Crippen LogP contribution in [0.25, 0.3) is 0 Å². The summed E-state index contributed by atoms with van der Waals surface area (Å²) in [7, 11) is 0. The molecule has 1 aliphatic heterocycles. The van der Waals surface area contributed by atoms with Crippen molar-refractivity contribution in [3.8, 4) is 0 Å². The van der Waals surface area contributed by atoms with E-state index in [2.05, 4.69) is 20.9 Å². The quantitative estimate of drug-likeness (QED) is 0.567. The summed E-state index contributed by atoms with van der Waals surface area (Å²) in [6.45, 7) is 0. The second-order valence-corrected chi connectivity index (χ2v) is 2.47. The third-order valence-corrected chi connectivity index (χ3v) is 1.33. The number of hydrogen-bond acceptors (Lipinski definition) is 1. The van der Waals surface area contributed by atoms with Gasteiger partial charge in [0.2, 0.25) is 6.17 Å². The normalized spacial score (nSPS) is 26.2. The van der Waals surface area contributed by atoms with E-state index in [0.29, 0.717) is 4.48 Å². The average Bonchev–Trinajstić information content (AvgIpc) is 1.80. The SMILES string of the molecule is O=C1N=CC(Br)=CC1F. The number of allylic oxidation sites excluding steroid dienone is 1. The van der Waals surface area contributed by atoms with Crippen molar-refractivity contribution < 1.29 is 9.18 Å². The third-order valence-electron chi connectivity index (χ3n) is 0.857. The molecule has 1 unspecified atom stereocenters. The highest BCUT2D eigenvalue weighted by molar-refractivity contribution is 9.12. The fraction of sp³-hybridized carbons (Fsp3) is 0.200. The van der Waals surface area contributed by atoms with Gasteiger partial charge in [-0.3, -0.25) is 4.79 Å². The zero-order valence-corrected chi connectivity index (χ0v) is 5.93. The van der Waals surface area contributed by atoms with Gasteiger partial charge in [-0.2, -0.15) is 0 Å². The number of halogens is 2. The van der Waals surface area contributed by atoms with Crippen molar-refractivity contribution in [1.29, 1.82) is 0 Å². The molecule has 0 aliphatic carbocycles. The van der Waals surface area contributed by atoms with Crippen LogP contribution in [0.2, 0.25) is 0 Å². The van der Waals surface area contributed by atoms with E-state index >= 15 is 0 Å². The lowest BCUT2D eigenvalue weighted by molar-refractivity contribution is -0.121. The van der Waals surface area contributed by atoms with Crippen molar-refractivity contribution in [2.45, 2.75) is 6.17 Å². The van der Waals surface area contributed by atoms with Gasteiger partial charge >= 0.3 is 0 Å². The maximum Gasteiger partial charge on any atom is 0.284 e. The van der Waals surface area contributed by atoms with E-state index in [1.54, 1.807) is 0 Å². The van der Waals surface area contributed by atoms with Gasteiger partial charge < -0.3 is 0 Å². The average molecular weight is 192 g/mol. The summed E-state index contributed by atoms with van der Waals surface area (Å²) >= 11 is 2.98. The molecule has 1 atom stereocenters. The molecule has 0 aromatic carbocycles. The van der Waals surface area contributed by atoms with E-state index < -0.39 is 12.1 Å². The van der Waals surface area contributed by atoms with Crippen molar-refractivity contribution in [1.82, 2.24) is 0 Å². The molecule has 0 saturated heterocycles. The van der Waals surface area contributed by atoms with E-state index in [-0.39, 0.29) is 0 Å². The van der Waals surface area contributed by atoms with Gasteiger partial charge in [0.1, 0.15) is 0 Å². The van der Waals surface area contributed by atoms with Gasteiger partial charge in [0, 0.05) is 10.7 Å². The van der Waals surface area contributed by atoms with Crippen molar-refractivity contribution in [3.05, 3.63) is 10.6 Å². The van der Waals surface area contributed by atoms with Gasteiger partial charge in [0.25, 0.3) is 5.91 Å². The second-order valence-electron chi connectivity index (χ2n) is 1.55. The maximum absolute atomic E-state index is 12.3. The number of hydrogen-bond donors (Lipinski definition) is 0. The van der Waals surface area contributed by atoms with Gasteiger partial charge in [-0.1, -0.05) is 0 Å². The van der Waals surface area contributed by atoms with Crippen LogP contribution < -0.4 is 0 Å². The Morgan fingerprint density at radius 2 is 2.44 bits per heavy atom. The molecule has 48 valence electrons. The Labute approximate surface area is 59.6 Å². The fourth-order valence-corrected chi connectivity index (χ4v) is 0.785. The first-order valence-corrected chi connectivity index (χ1v) is 3.09. The van der Waals surface area contributed by atoms with Crippen molar-refractivity contribution in [2.75, 3.05) is 0 Å². The Morgan fingerprint density at radius 3 is 2.89 bits per heavy atom. The Kier molecular flexibility index (Phi) is 1.75. The Bertz CT molecular complexity index is 199. The highest BCUT2D eigenvalue weighted by atomic mass is 79.9. The van der Waals surface area contributed by atoms with Crippen LogP contribution in [-0.4, -0.2) is 18.3 Å². The van der Waals surface area contributed by atoms with Crippen molar-refractivity contribution in [2.24, 2.45) is 4.99 Å². The van der Waals surface area contributed by atoms with E-state index in [0.717, 1.165) is 6.08 Å². The molecular formula is C5H3BrFNO. The van der Waals surface area contributed by atoms with Gasteiger partial charge in [0.15, 0.2) is 0 Å². The van der Waals surface area contributed by atoms with E-state index in [1.807, 2.05) is 0 Å². The van der Waals surface area contributed by atoms with Crippen LogP contribution in [0, 0.1) is 0 Å². The van der Waals surface area contributed by atoms with Crippen LogP contribution in [0.1, 0.15) is 0 Å². The number of alkyl halides is 1. The lowest BCUT2D eigenvalue weighted by atomic mass is 10.3. The van der Waals surface area contributed by atoms with Gasteiger partial charge in [0.05, 0.1) is 0 Å². The number of amides is 1. The second kappa shape index (κ2) is 2.39. The van der Waals surface area contributed by atoms with Crippen LogP contribution in [0.4, 0.5) is 4.39 Å². The first kappa shape index (κ1) is 6.61. The predicted octanol–water partition coefficient (Wildman–Crippen LogP) is 1.21. The molecule has 0 N–H and O–H groups in total. The van der Waals surface area contributed by atoms with Crippen LogP contribution in [0.15, 0.2) is 15.6 Å². The van der Waals surface area contributed by atoms with Crippen LogP contribution in [0.5, 0.6) is 0 Å². The highest BCUT2D eigenvalue weighted by Crippen LogP contribution is 2.11. The maximum atomic E-state index is 12.3. The summed E-state index contributed by atoms with van der Waals surface area (Å²) in [5, 5.41) is 0. The molecular weight excluding hydrogens is 189 g/mol. The predicted molar refractivity (Wildman–Crippen MR) is 35.4 cm³/mol. The van der Waals surface area contributed by atoms with E-state index in [4.69, 9.17) is 0 Å². The molecule has 4 heteroatoms. The first-order chi connectivity index (χ1) is 4.20. The first-order valence-electron chi connectivity index (χ1n) is 2.29. The zero-order valence-electron chi connectivity index (χ0n) is 4.34. The van der Waals surface area contributed by atoms with E-state index in [9.17, 15) is 9.18 Å². The van der Waals surface area contributed by atoms with E-state index in [1.165, 1.54) is 6.21 Å². The molecule has 0 bridgehead atoms. The molecule has 1 rings (SSSR count). The topological polar surface area (TPSA) is 29.4 Å².